The molecule has 2 rings (SSSR count). The van der Waals surface area contributed by atoms with Gasteiger partial charge in [-0.25, -0.2) is 0 Å². The van der Waals surface area contributed by atoms with Gasteiger partial charge in [0.15, 0.2) is 0 Å². The van der Waals surface area contributed by atoms with Crippen molar-refractivity contribution in [3.05, 3.63) is 71.3 Å². The van der Waals surface area contributed by atoms with Crippen LogP contribution < -0.4 is 0 Å². The van der Waals surface area contributed by atoms with E-state index < -0.39 is 0 Å². The topological polar surface area (TPSA) is 17.1 Å². The second-order valence-electron chi connectivity index (χ2n) is 3.81. The Labute approximate surface area is 101 Å². The summed E-state index contributed by atoms with van der Waals surface area (Å²) in [5.74, 6) is 5.37. The molecule has 0 N–H and O–H groups in total. The van der Waals surface area contributed by atoms with E-state index in [0.717, 1.165) is 5.56 Å². The third-order valence-corrected chi connectivity index (χ3v) is 2.41. The van der Waals surface area contributed by atoms with Crippen LogP contribution in [0.4, 0.5) is 0 Å². The zero-order chi connectivity index (χ0) is 12.1. The highest BCUT2D eigenvalue weighted by Gasteiger charge is 1.98. The Bertz CT molecular complexity index is 568. The standard InChI is InChI=1S/C16H12O/c1-13-7-9-14(10-8-13)11-12-16(17)15-5-3-2-4-6-15/h2-10H,1H3. The predicted octanol–water partition coefficient (Wildman–Crippen LogP) is 3.23. The van der Waals surface area contributed by atoms with E-state index in [4.69, 9.17) is 0 Å². The van der Waals surface area contributed by atoms with Gasteiger partial charge in [0.05, 0.1) is 0 Å². The maximum Gasteiger partial charge on any atom is 0.236 e. The summed E-state index contributed by atoms with van der Waals surface area (Å²) in [5.41, 5.74) is 2.68. The van der Waals surface area contributed by atoms with Gasteiger partial charge in [-0.15, -0.1) is 0 Å². The molecule has 0 amide bonds. The van der Waals surface area contributed by atoms with Crippen LogP contribution in [0, 0.1) is 18.8 Å². The normalized spacial score (nSPS) is 9.24. The zero-order valence-electron chi connectivity index (χ0n) is 9.60. The van der Waals surface area contributed by atoms with Crippen LogP contribution in [0.1, 0.15) is 21.5 Å². The summed E-state index contributed by atoms with van der Waals surface area (Å²) in [5, 5.41) is 0. The van der Waals surface area contributed by atoms with Gasteiger partial charge in [0.1, 0.15) is 0 Å². The smallest absolute Gasteiger partial charge is 0.236 e. The van der Waals surface area contributed by atoms with Crippen molar-refractivity contribution in [3.8, 4) is 11.8 Å². The fraction of sp³-hybridized carbons (Fsp3) is 0.0625. The number of hydrogen-bond acceptors (Lipinski definition) is 1. The Morgan fingerprint density at radius 3 is 2.24 bits per heavy atom. The Balaban J connectivity index is 2.17. The minimum absolute atomic E-state index is 0.147. The lowest BCUT2D eigenvalue weighted by Crippen LogP contribution is -1.93. The molecule has 2 aromatic rings. The summed E-state index contributed by atoms with van der Waals surface area (Å²) < 4.78 is 0. The summed E-state index contributed by atoms with van der Waals surface area (Å²) in [6, 6.07) is 16.9. The highest BCUT2D eigenvalue weighted by Crippen LogP contribution is 2.02. The molecule has 0 unspecified atom stereocenters. The number of rotatable bonds is 1. The van der Waals surface area contributed by atoms with Crippen LogP contribution in [-0.2, 0) is 0 Å². The minimum atomic E-state index is -0.147. The van der Waals surface area contributed by atoms with Crippen molar-refractivity contribution < 1.29 is 4.79 Å². The molecule has 1 nitrogen and oxygen atoms in total. The van der Waals surface area contributed by atoms with Crippen LogP contribution >= 0.6 is 0 Å². The summed E-state index contributed by atoms with van der Waals surface area (Å²) in [6.45, 7) is 2.02. The first-order chi connectivity index (χ1) is 8.25. The van der Waals surface area contributed by atoms with Crippen molar-refractivity contribution in [2.75, 3.05) is 0 Å². The number of hydrogen-bond donors (Lipinski definition) is 0. The Hall–Kier alpha value is -2.33. The van der Waals surface area contributed by atoms with Crippen molar-refractivity contribution in [2.45, 2.75) is 6.92 Å². The molecule has 0 aliphatic rings. The minimum Gasteiger partial charge on any atom is -0.279 e. The Morgan fingerprint density at radius 1 is 0.941 bits per heavy atom. The van der Waals surface area contributed by atoms with Gasteiger partial charge in [-0.1, -0.05) is 53.9 Å². The number of carbonyl (C=O) groups excluding carboxylic acids is 1. The average molecular weight is 220 g/mol. The van der Waals surface area contributed by atoms with E-state index in [2.05, 4.69) is 11.8 Å². The lowest BCUT2D eigenvalue weighted by Gasteiger charge is -1.92. The number of benzene rings is 2. The molecule has 0 aromatic heterocycles. The molecule has 2 aromatic carbocycles. The molecule has 0 bridgehead atoms. The van der Waals surface area contributed by atoms with Gasteiger partial charge < -0.3 is 0 Å². The quantitative estimate of drug-likeness (QED) is 0.532. The summed E-state index contributed by atoms with van der Waals surface area (Å²) >= 11 is 0. The lowest BCUT2D eigenvalue weighted by molar-refractivity contribution is 0.105. The van der Waals surface area contributed by atoms with Crippen molar-refractivity contribution in [1.29, 1.82) is 0 Å². The summed E-state index contributed by atoms with van der Waals surface area (Å²) in [6.07, 6.45) is 0. The Kier molecular flexibility index (Phi) is 3.37. The molecule has 82 valence electrons. The second-order valence-corrected chi connectivity index (χ2v) is 3.81. The van der Waals surface area contributed by atoms with E-state index in [9.17, 15) is 4.79 Å². The van der Waals surface area contributed by atoms with Gasteiger partial charge in [0.25, 0.3) is 0 Å². The first kappa shape index (κ1) is 11.2. The van der Waals surface area contributed by atoms with Crippen LogP contribution in [0.3, 0.4) is 0 Å². The van der Waals surface area contributed by atoms with Crippen LogP contribution in [0.25, 0.3) is 0 Å². The monoisotopic (exact) mass is 220 g/mol. The van der Waals surface area contributed by atoms with Gasteiger partial charge in [0, 0.05) is 11.1 Å². The van der Waals surface area contributed by atoms with Crippen LogP contribution in [-0.4, -0.2) is 5.78 Å². The van der Waals surface area contributed by atoms with E-state index in [1.54, 1.807) is 12.1 Å². The van der Waals surface area contributed by atoms with Crippen molar-refractivity contribution in [3.63, 3.8) is 0 Å². The predicted molar refractivity (Wildman–Crippen MR) is 68.8 cm³/mol. The van der Waals surface area contributed by atoms with Gasteiger partial charge in [-0.2, -0.15) is 0 Å². The molecule has 0 aliphatic carbocycles. The SMILES string of the molecule is Cc1ccc(C#CC(=O)c2ccccc2)cc1. The zero-order valence-corrected chi connectivity index (χ0v) is 9.60. The molecule has 0 atom stereocenters. The molecule has 0 spiro atoms. The van der Waals surface area contributed by atoms with Crippen molar-refractivity contribution in [1.82, 2.24) is 0 Å². The molecule has 0 aliphatic heterocycles. The molecule has 1 heteroatoms. The molecular weight excluding hydrogens is 208 g/mol. The third kappa shape index (κ3) is 3.06. The third-order valence-electron chi connectivity index (χ3n) is 2.41. The maximum absolute atomic E-state index is 11.7. The summed E-state index contributed by atoms with van der Waals surface area (Å²) in [4.78, 5) is 11.7. The first-order valence-corrected chi connectivity index (χ1v) is 5.44. The maximum atomic E-state index is 11.7. The molecule has 0 saturated carbocycles. The Morgan fingerprint density at radius 2 is 1.59 bits per heavy atom. The van der Waals surface area contributed by atoms with E-state index >= 15 is 0 Å². The lowest BCUT2D eigenvalue weighted by atomic mass is 10.1. The van der Waals surface area contributed by atoms with Crippen LogP contribution in [0.15, 0.2) is 54.6 Å². The van der Waals surface area contributed by atoms with E-state index in [1.807, 2.05) is 49.4 Å². The van der Waals surface area contributed by atoms with E-state index in [0.29, 0.717) is 5.56 Å². The molecule has 0 heterocycles. The largest absolute Gasteiger partial charge is 0.279 e. The average Bonchev–Trinajstić information content (AvgIpc) is 2.39. The van der Waals surface area contributed by atoms with Gasteiger partial charge in [-0.05, 0) is 25.0 Å². The van der Waals surface area contributed by atoms with Gasteiger partial charge in [-0.3, -0.25) is 4.79 Å². The second kappa shape index (κ2) is 5.14. The fourth-order valence-electron chi connectivity index (χ4n) is 1.43. The first-order valence-electron chi connectivity index (χ1n) is 5.44. The number of aryl methyl sites for hydroxylation is 1. The van der Waals surface area contributed by atoms with Crippen molar-refractivity contribution in [2.24, 2.45) is 0 Å². The summed E-state index contributed by atoms with van der Waals surface area (Å²) in [7, 11) is 0. The highest BCUT2D eigenvalue weighted by atomic mass is 16.1. The van der Waals surface area contributed by atoms with E-state index in [-0.39, 0.29) is 5.78 Å². The van der Waals surface area contributed by atoms with Crippen molar-refractivity contribution >= 4 is 5.78 Å². The van der Waals surface area contributed by atoms with Crippen LogP contribution in [0.5, 0.6) is 0 Å². The molecule has 0 saturated heterocycles. The molecule has 17 heavy (non-hydrogen) atoms. The van der Waals surface area contributed by atoms with Gasteiger partial charge >= 0.3 is 0 Å². The van der Waals surface area contributed by atoms with Crippen LogP contribution in [0.2, 0.25) is 0 Å². The molecule has 0 radical (unpaired) electrons. The number of carbonyl (C=O) groups is 1. The molecule has 0 fully saturated rings. The number of Topliss-reactive ketones (excluding diaryl/α,β-unsaturated/α-hetero) is 1. The van der Waals surface area contributed by atoms with Gasteiger partial charge in [0.2, 0.25) is 5.78 Å². The molecular formula is C16H12O. The fourth-order valence-corrected chi connectivity index (χ4v) is 1.43. The highest BCUT2D eigenvalue weighted by molar-refractivity contribution is 6.09. The number of ketones is 1. The van der Waals surface area contributed by atoms with E-state index in [1.165, 1.54) is 5.56 Å².